The molecule has 2 aliphatic rings. The molecule has 0 radical (unpaired) electrons. The molecule has 0 N–H and O–H groups in total. The summed E-state index contributed by atoms with van der Waals surface area (Å²) in [6.45, 7) is 2.99. The van der Waals surface area contributed by atoms with Crippen LogP contribution in [0.5, 0.6) is 0 Å². The molecule has 0 amide bonds. The highest BCUT2D eigenvalue weighted by Crippen LogP contribution is 2.35. The first-order valence-electron chi connectivity index (χ1n) is 8.46. The second-order valence-corrected chi connectivity index (χ2v) is 10.6. The molecular weight excluding hydrogens is 470 g/mol. The molecule has 136 valence electrons. The molecule has 1 saturated carbocycles. The predicted octanol–water partition coefficient (Wildman–Crippen LogP) is 3.95. The molecule has 2 unspecified atom stereocenters. The average Bonchev–Trinajstić information content (AvgIpc) is 2.88. The molecule has 25 heavy (non-hydrogen) atoms. The van der Waals surface area contributed by atoms with E-state index in [0.29, 0.717) is 29.9 Å². The van der Waals surface area contributed by atoms with Gasteiger partial charge in [-0.15, -0.1) is 0 Å². The second kappa shape index (κ2) is 7.55. The Labute approximate surface area is 166 Å². The number of likely N-dealkylation sites (tertiary alicyclic amines) is 1. The van der Waals surface area contributed by atoms with Gasteiger partial charge in [-0.3, -0.25) is 0 Å². The fraction of sp³-hybridized carbons (Fsp3) is 0.588. The van der Waals surface area contributed by atoms with E-state index in [1.165, 1.54) is 6.42 Å². The van der Waals surface area contributed by atoms with E-state index in [4.69, 9.17) is 0 Å². The van der Waals surface area contributed by atoms with E-state index >= 15 is 0 Å². The number of benzene rings is 1. The van der Waals surface area contributed by atoms with Crippen LogP contribution >= 0.6 is 31.9 Å². The number of rotatable bonds is 5. The van der Waals surface area contributed by atoms with Crippen molar-refractivity contribution in [2.75, 3.05) is 13.1 Å². The minimum Gasteiger partial charge on any atom is -0.306 e. The standard InChI is InChI=1S/C17H21Br2N3O2S/c1-12-7-15(10-21(12)11-20)22(9-13-3-2-4-13)25(23,24)17-8-14(18)5-6-16(17)19/h5-6,8,12-13,15H,2-4,7,9-10H2,1H3. The average molecular weight is 491 g/mol. The number of sulfonamides is 1. The van der Waals surface area contributed by atoms with Crippen LogP contribution in [0.2, 0.25) is 0 Å². The van der Waals surface area contributed by atoms with Crippen molar-refractivity contribution in [2.24, 2.45) is 5.92 Å². The number of halogens is 2. The van der Waals surface area contributed by atoms with Crippen LogP contribution in [0.25, 0.3) is 0 Å². The molecule has 1 heterocycles. The number of hydrogen-bond acceptors (Lipinski definition) is 4. The molecule has 1 aromatic rings. The number of nitrogens with zero attached hydrogens (tertiary/aromatic N) is 3. The van der Waals surface area contributed by atoms with E-state index in [1.54, 1.807) is 21.3 Å². The molecule has 1 saturated heterocycles. The summed E-state index contributed by atoms with van der Waals surface area (Å²) in [5.41, 5.74) is 0. The summed E-state index contributed by atoms with van der Waals surface area (Å²) >= 11 is 6.76. The van der Waals surface area contributed by atoms with Gasteiger partial charge in [0.1, 0.15) is 0 Å². The molecule has 2 fully saturated rings. The van der Waals surface area contributed by atoms with E-state index in [2.05, 4.69) is 38.1 Å². The molecule has 5 nitrogen and oxygen atoms in total. The molecule has 0 spiro atoms. The van der Waals surface area contributed by atoms with Crippen molar-refractivity contribution >= 4 is 41.9 Å². The molecule has 0 aromatic heterocycles. The highest BCUT2D eigenvalue weighted by atomic mass is 79.9. The van der Waals surface area contributed by atoms with Gasteiger partial charge in [-0.25, -0.2) is 8.42 Å². The van der Waals surface area contributed by atoms with E-state index < -0.39 is 10.0 Å². The first-order chi connectivity index (χ1) is 11.8. The summed E-state index contributed by atoms with van der Waals surface area (Å²) in [6.07, 6.45) is 6.20. The highest BCUT2D eigenvalue weighted by molar-refractivity contribution is 9.11. The van der Waals surface area contributed by atoms with Crippen LogP contribution in [0.1, 0.15) is 32.6 Å². The van der Waals surface area contributed by atoms with Crippen LogP contribution in [-0.2, 0) is 10.0 Å². The molecule has 8 heteroatoms. The Hall–Kier alpha value is -0.620. The number of hydrogen-bond donors (Lipinski definition) is 0. The van der Waals surface area contributed by atoms with Gasteiger partial charge in [0.25, 0.3) is 0 Å². The lowest BCUT2D eigenvalue weighted by molar-refractivity contribution is 0.213. The summed E-state index contributed by atoms with van der Waals surface area (Å²) in [5, 5.41) is 9.27. The molecule has 3 rings (SSSR count). The van der Waals surface area contributed by atoms with Crippen molar-refractivity contribution < 1.29 is 8.42 Å². The largest absolute Gasteiger partial charge is 0.306 e. The lowest BCUT2D eigenvalue weighted by Crippen LogP contribution is -2.45. The van der Waals surface area contributed by atoms with Crippen LogP contribution in [0.3, 0.4) is 0 Å². The smallest absolute Gasteiger partial charge is 0.244 e. The Morgan fingerprint density at radius 2 is 2.08 bits per heavy atom. The first-order valence-corrected chi connectivity index (χ1v) is 11.5. The van der Waals surface area contributed by atoms with Gasteiger partial charge in [0.15, 0.2) is 6.19 Å². The lowest BCUT2D eigenvalue weighted by Gasteiger charge is -2.35. The van der Waals surface area contributed by atoms with Crippen molar-refractivity contribution in [1.82, 2.24) is 9.21 Å². The van der Waals surface area contributed by atoms with E-state index in [-0.39, 0.29) is 17.0 Å². The van der Waals surface area contributed by atoms with Crippen molar-refractivity contribution in [3.05, 3.63) is 27.1 Å². The van der Waals surface area contributed by atoms with Crippen molar-refractivity contribution in [1.29, 1.82) is 5.26 Å². The van der Waals surface area contributed by atoms with Gasteiger partial charge in [-0.05, 0) is 66.2 Å². The van der Waals surface area contributed by atoms with Gasteiger partial charge in [0, 0.05) is 34.1 Å². The summed E-state index contributed by atoms with van der Waals surface area (Å²) in [6, 6.07) is 5.12. The Morgan fingerprint density at radius 1 is 1.36 bits per heavy atom. The van der Waals surface area contributed by atoms with E-state index in [0.717, 1.165) is 17.3 Å². The Kier molecular flexibility index (Phi) is 5.78. The zero-order chi connectivity index (χ0) is 18.2. The normalized spacial score (nSPS) is 24.4. The quantitative estimate of drug-likeness (QED) is 0.586. The zero-order valence-corrected chi connectivity index (χ0v) is 18.0. The summed E-state index contributed by atoms with van der Waals surface area (Å²) in [7, 11) is -3.64. The SMILES string of the molecule is CC1CC(N(CC2CCC2)S(=O)(=O)c2cc(Br)ccc2Br)CN1C#N. The molecule has 1 aromatic carbocycles. The van der Waals surface area contributed by atoms with Crippen molar-refractivity contribution in [3.8, 4) is 6.19 Å². The second-order valence-electron chi connectivity index (χ2n) is 6.94. The van der Waals surface area contributed by atoms with Crippen LogP contribution in [0, 0.1) is 17.4 Å². The minimum atomic E-state index is -3.64. The first kappa shape index (κ1) is 19.2. The van der Waals surface area contributed by atoms with Gasteiger partial charge >= 0.3 is 0 Å². The monoisotopic (exact) mass is 489 g/mol. The Balaban J connectivity index is 1.96. The third-order valence-corrected chi connectivity index (χ3v) is 8.64. The van der Waals surface area contributed by atoms with E-state index in [1.807, 2.05) is 13.0 Å². The van der Waals surface area contributed by atoms with E-state index in [9.17, 15) is 13.7 Å². The molecule has 0 bridgehead atoms. The van der Waals surface area contributed by atoms with Crippen molar-refractivity contribution in [2.45, 2.75) is 49.6 Å². The topological polar surface area (TPSA) is 64.4 Å². The van der Waals surface area contributed by atoms with Gasteiger partial charge in [-0.1, -0.05) is 22.4 Å². The van der Waals surface area contributed by atoms with Gasteiger partial charge in [-0.2, -0.15) is 9.57 Å². The predicted molar refractivity (Wildman–Crippen MR) is 103 cm³/mol. The lowest BCUT2D eigenvalue weighted by atomic mass is 9.85. The van der Waals surface area contributed by atoms with Crippen LogP contribution < -0.4 is 0 Å². The maximum atomic E-state index is 13.4. The summed E-state index contributed by atoms with van der Waals surface area (Å²) < 4.78 is 29.8. The van der Waals surface area contributed by atoms with Gasteiger partial charge < -0.3 is 4.90 Å². The highest BCUT2D eigenvalue weighted by Gasteiger charge is 2.41. The molecule has 1 aliphatic carbocycles. The number of nitriles is 1. The van der Waals surface area contributed by atoms with Crippen LogP contribution in [0.15, 0.2) is 32.0 Å². The van der Waals surface area contributed by atoms with Crippen LogP contribution in [-0.4, -0.2) is 42.8 Å². The maximum absolute atomic E-state index is 13.4. The van der Waals surface area contributed by atoms with Crippen molar-refractivity contribution in [3.63, 3.8) is 0 Å². The molecule has 1 aliphatic heterocycles. The van der Waals surface area contributed by atoms with Gasteiger partial charge in [0.05, 0.1) is 4.90 Å². The fourth-order valence-electron chi connectivity index (χ4n) is 3.53. The summed E-state index contributed by atoms with van der Waals surface area (Å²) in [4.78, 5) is 1.97. The third-order valence-electron chi connectivity index (χ3n) is 5.23. The Morgan fingerprint density at radius 3 is 2.64 bits per heavy atom. The van der Waals surface area contributed by atoms with Crippen LogP contribution in [0.4, 0.5) is 0 Å². The molecule has 2 atom stereocenters. The minimum absolute atomic E-state index is 0.0695. The summed E-state index contributed by atoms with van der Waals surface area (Å²) in [5.74, 6) is 0.423. The fourth-order valence-corrected chi connectivity index (χ4v) is 6.69. The third kappa shape index (κ3) is 3.90. The van der Waals surface area contributed by atoms with Gasteiger partial charge in [0.2, 0.25) is 10.0 Å². The zero-order valence-electron chi connectivity index (χ0n) is 14.0. The maximum Gasteiger partial charge on any atom is 0.244 e. The molecular formula is C17H21Br2N3O2S. The Bertz CT molecular complexity index is 790.